The van der Waals surface area contributed by atoms with Gasteiger partial charge < -0.3 is 14.8 Å². The Morgan fingerprint density at radius 3 is 2.29 bits per heavy atom. The maximum Gasteiger partial charge on any atom is 0.295 e. The second-order valence-electron chi connectivity index (χ2n) is 8.18. The number of carbonyl (C=O) groups excluding carboxylic acids is 3. The van der Waals surface area contributed by atoms with Crippen LogP contribution in [0.3, 0.4) is 0 Å². The number of aromatic nitrogens is 1. The van der Waals surface area contributed by atoms with Crippen molar-refractivity contribution in [2.24, 2.45) is 0 Å². The first-order valence-electron chi connectivity index (χ1n) is 10.7. The molecule has 4 rings (SSSR count). The highest BCUT2D eigenvalue weighted by Crippen LogP contribution is 2.24. The number of hydrogen-bond acceptors (Lipinski definition) is 3. The molecular formula is C25H27N3O3. The number of aryl methyl sites for hydroxylation is 2. The molecule has 31 heavy (non-hydrogen) atoms. The maximum atomic E-state index is 13.0. The maximum absolute atomic E-state index is 13.0. The lowest BCUT2D eigenvalue weighted by atomic mass is 10.1. The molecule has 0 unspecified atom stereocenters. The number of nitrogens with one attached hydrogen (secondary N) is 1. The predicted octanol–water partition coefficient (Wildman–Crippen LogP) is 4.09. The van der Waals surface area contributed by atoms with E-state index in [9.17, 15) is 14.4 Å². The molecule has 1 aliphatic heterocycles. The molecule has 2 heterocycles. The number of para-hydroxylation sites is 2. The van der Waals surface area contributed by atoms with Crippen LogP contribution in [0.15, 0.2) is 48.7 Å². The Kier molecular flexibility index (Phi) is 5.89. The monoisotopic (exact) mass is 417 g/mol. The molecule has 6 nitrogen and oxygen atoms in total. The minimum Gasteiger partial charge on any atom is -0.337 e. The van der Waals surface area contributed by atoms with Crippen molar-refractivity contribution in [2.75, 3.05) is 18.4 Å². The van der Waals surface area contributed by atoms with Crippen LogP contribution in [0.2, 0.25) is 0 Å². The van der Waals surface area contributed by atoms with E-state index in [1.54, 1.807) is 15.7 Å². The molecule has 1 fully saturated rings. The van der Waals surface area contributed by atoms with Crippen LogP contribution in [0, 0.1) is 13.8 Å². The number of fused-ring (bicyclic) bond motifs is 1. The Bertz CT molecular complexity index is 1140. The third-order valence-corrected chi connectivity index (χ3v) is 5.93. The van der Waals surface area contributed by atoms with Gasteiger partial charge in [-0.25, -0.2) is 0 Å². The Morgan fingerprint density at radius 2 is 1.58 bits per heavy atom. The average molecular weight is 418 g/mol. The van der Waals surface area contributed by atoms with Crippen LogP contribution < -0.4 is 5.32 Å². The minimum absolute atomic E-state index is 0.0550. The second-order valence-corrected chi connectivity index (χ2v) is 8.18. The highest BCUT2D eigenvalue weighted by atomic mass is 16.2. The van der Waals surface area contributed by atoms with E-state index in [1.807, 2.05) is 56.3 Å². The molecule has 0 bridgehead atoms. The molecule has 0 spiro atoms. The fraction of sp³-hybridized carbons (Fsp3) is 0.320. The number of carbonyl (C=O) groups is 3. The highest BCUT2D eigenvalue weighted by molar-refractivity contribution is 6.44. The molecule has 1 aromatic heterocycles. The molecule has 3 aromatic rings. The number of piperidine rings is 1. The smallest absolute Gasteiger partial charge is 0.295 e. The first-order chi connectivity index (χ1) is 15.0. The van der Waals surface area contributed by atoms with Crippen LogP contribution in [0.4, 0.5) is 5.69 Å². The van der Waals surface area contributed by atoms with Crippen LogP contribution in [-0.4, -0.2) is 40.2 Å². The van der Waals surface area contributed by atoms with Gasteiger partial charge in [-0.1, -0.05) is 36.4 Å². The number of Topliss-reactive ketones (excluding diaryl/α,β-unsaturated/α-hetero) is 1. The molecule has 6 heteroatoms. The topological polar surface area (TPSA) is 71.4 Å². The summed E-state index contributed by atoms with van der Waals surface area (Å²) >= 11 is 0. The number of amides is 2. The van der Waals surface area contributed by atoms with Gasteiger partial charge >= 0.3 is 0 Å². The number of nitrogens with zero attached hydrogens (tertiary/aromatic N) is 2. The summed E-state index contributed by atoms with van der Waals surface area (Å²) < 4.78 is 1.75. The van der Waals surface area contributed by atoms with Gasteiger partial charge in [0.15, 0.2) is 0 Å². The molecule has 160 valence electrons. The predicted molar refractivity (Wildman–Crippen MR) is 121 cm³/mol. The third-order valence-electron chi connectivity index (χ3n) is 5.93. The zero-order valence-corrected chi connectivity index (χ0v) is 18.0. The van der Waals surface area contributed by atoms with Gasteiger partial charge in [0.25, 0.3) is 11.7 Å². The first kappa shape index (κ1) is 20.8. The van der Waals surface area contributed by atoms with Gasteiger partial charge in [0.1, 0.15) is 6.54 Å². The van der Waals surface area contributed by atoms with Crippen LogP contribution in [0.1, 0.15) is 40.7 Å². The summed E-state index contributed by atoms with van der Waals surface area (Å²) in [4.78, 5) is 40.3. The number of anilines is 1. The van der Waals surface area contributed by atoms with Crippen molar-refractivity contribution in [2.45, 2.75) is 39.7 Å². The Hall–Kier alpha value is -3.41. The van der Waals surface area contributed by atoms with E-state index < -0.39 is 11.7 Å². The van der Waals surface area contributed by atoms with E-state index in [0.717, 1.165) is 41.6 Å². The zero-order valence-electron chi connectivity index (χ0n) is 18.0. The van der Waals surface area contributed by atoms with Crippen molar-refractivity contribution < 1.29 is 14.4 Å². The molecule has 2 amide bonds. The van der Waals surface area contributed by atoms with Gasteiger partial charge in [-0.15, -0.1) is 0 Å². The van der Waals surface area contributed by atoms with E-state index in [-0.39, 0.29) is 12.5 Å². The van der Waals surface area contributed by atoms with Crippen molar-refractivity contribution in [1.29, 1.82) is 0 Å². The fourth-order valence-corrected chi connectivity index (χ4v) is 4.26. The number of benzene rings is 2. The lowest BCUT2D eigenvalue weighted by Gasteiger charge is -2.25. The van der Waals surface area contributed by atoms with E-state index in [1.165, 1.54) is 0 Å². The van der Waals surface area contributed by atoms with Crippen molar-refractivity contribution in [3.63, 3.8) is 0 Å². The summed E-state index contributed by atoms with van der Waals surface area (Å²) in [7, 11) is 0. The molecule has 0 aliphatic carbocycles. The van der Waals surface area contributed by atoms with E-state index in [0.29, 0.717) is 24.0 Å². The van der Waals surface area contributed by atoms with Gasteiger partial charge in [0.05, 0.1) is 5.56 Å². The number of likely N-dealkylation sites (tertiary alicyclic amines) is 1. The molecule has 0 radical (unpaired) electrons. The minimum atomic E-state index is -0.507. The van der Waals surface area contributed by atoms with Crippen LogP contribution in [0.5, 0.6) is 0 Å². The third kappa shape index (κ3) is 4.24. The van der Waals surface area contributed by atoms with E-state index in [4.69, 9.17) is 0 Å². The Morgan fingerprint density at radius 1 is 0.903 bits per heavy atom. The summed E-state index contributed by atoms with van der Waals surface area (Å²) in [6.07, 6.45) is 4.59. The van der Waals surface area contributed by atoms with Gasteiger partial charge in [-0.3, -0.25) is 14.4 Å². The normalized spacial score (nSPS) is 13.9. The van der Waals surface area contributed by atoms with E-state index >= 15 is 0 Å². The van der Waals surface area contributed by atoms with Crippen molar-refractivity contribution >= 4 is 34.2 Å². The fourth-order valence-electron chi connectivity index (χ4n) is 4.26. The summed E-state index contributed by atoms with van der Waals surface area (Å²) in [5.74, 6) is -1.14. The Balaban J connectivity index is 1.60. The molecule has 1 saturated heterocycles. The summed E-state index contributed by atoms with van der Waals surface area (Å²) in [6.45, 7) is 5.22. The van der Waals surface area contributed by atoms with E-state index in [2.05, 4.69) is 5.32 Å². The number of hydrogen-bond donors (Lipinski definition) is 1. The van der Waals surface area contributed by atoms with Crippen molar-refractivity contribution in [1.82, 2.24) is 9.47 Å². The summed E-state index contributed by atoms with van der Waals surface area (Å²) in [6, 6.07) is 13.3. The zero-order chi connectivity index (χ0) is 22.0. The molecule has 1 N–H and O–H groups in total. The lowest BCUT2D eigenvalue weighted by Crippen LogP contribution is -2.40. The average Bonchev–Trinajstić information content (AvgIpc) is 3.14. The van der Waals surface area contributed by atoms with Gasteiger partial charge in [0, 0.05) is 35.9 Å². The summed E-state index contributed by atoms with van der Waals surface area (Å²) in [5, 5.41) is 3.68. The molecule has 0 atom stereocenters. The van der Waals surface area contributed by atoms with Crippen molar-refractivity contribution in [3.8, 4) is 0 Å². The first-order valence-corrected chi connectivity index (χ1v) is 10.7. The number of ketones is 1. The van der Waals surface area contributed by atoms with Crippen LogP contribution in [0.25, 0.3) is 10.9 Å². The molecule has 0 saturated carbocycles. The van der Waals surface area contributed by atoms with Gasteiger partial charge in [0.2, 0.25) is 5.91 Å². The molecular weight excluding hydrogens is 390 g/mol. The van der Waals surface area contributed by atoms with Gasteiger partial charge in [-0.05, 0) is 50.3 Å². The lowest BCUT2D eigenvalue weighted by molar-refractivity contribution is -0.127. The highest BCUT2D eigenvalue weighted by Gasteiger charge is 2.27. The Labute approximate surface area is 181 Å². The summed E-state index contributed by atoms with van der Waals surface area (Å²) in [5.41, 5.74) is 3.91. The van der Waals surface area contributed by atoms with Crippen LogP contribution in [-0.2, 0) is 16.1 Å². The molecule has 2 aromatic carbocycles. The van der Waals surface area contributed by atoms with Crippen LogP contribution >= 0.6 is 0 Å². The molecule has 1 aliphatic rings. The number of rotatable bonds is 5. The SMILES string of the molecule is Cc1cccc(C)c1NC(=O)Cn1cc(C(=O)C(=O)N2CCCCC2)c2ccccc21. The van der Waals surface area contributed by atoms with Crippen molar-refractivity contribution in [3.05, 3.63) is 65.4 Å². The quantitative estimate of drug-likeness (QED) is 0.502. The second kappa shape index (κ2) is 8.76. The largest absolute Gasteiger partial charge is 0.337 e. The van der Waals surface area contributed by atoms with Gasteiger partial charge in [-0.2, -0.15) is 0 Å². The standard InChI is InChI=1S/C25H27N3O3/c1-17-9-8-10-18(2)23(17)26-22(29)16-28-15-20(19-11-4-5-12-21(19)28)24(30)25(31)27-13-6-3-7-14-27/h4-5,8-12,15H,3,6-7,13-14,16H2,1-2H3,(H,26,29).